The topological polar surface area (TPSA) is 29.1 Å². The lowest BCUT2D eigenvalue weighted by molar-refractivity contribution is -0.114. The molecule has 0 spiro atoms. The molecule has 0 aliphatic rings. The molecular formula is C12H15NO. The first-order chi connectivity index (χ1) is 6.74. The first kappa shape index (κ1) is 10.5. The molecule has 1 aromatic carbocycles. The number of hydrogen-bond donors (Lipinski definition) is 1. The summed E-state index contributed by atoms with van der Waals surface area (Å²) in [4.78, 5) is 10.9. The van der Waals surface area contributed by atoms with E-state index in [1.807, 2.05) is 30.3 Å². The van der Waals surface area contributed by atoms with Crippen LogP contribution < -0.4 is 5.32 Å². The van der Waals surface area contributed by atoms with Crippen LogP contribution in [0, 0.1) is 0 Å². The van der Waals surface area contributed by atoms with Crippen LogP contribution in [0.2, 0.25) is 0 Å². The molecule has 0 aliphatic heterocycles. The van der Waals surface area contributed by atoms with E-state index in [9.17, 15) is 4.79 Å². The highest BCUT2D eigenvalue weighted by Gasteiger charge is 2.01. The second-order valence-electron chi connectivity index (χ2n) is 3.17. The number of anilines is 1. The molecule has 1 aromatic rings. The highest BCUT2D eigenvalue weighted by Crippen LogP contribution is 2.16. The second kappa shape index (κ2) is 5.22. The highest BCUT2D eigenvalue weighted by molar-refractivity contribution is 5.89. The standard InChI is InChI=1S/C12H15NO/c1-3-4-7-11-8-5-6-9-12(11)13-10(2)14/h3,5-6,8-9H,1,4,7H2,2H3,(H,13,14). The molecule has 1 amide bonds. The number of carbonyl (C=O) groups excluding carboxylic acids is 1. The summed E-state index contributed by atoms with van der Waals surface area (Å²) in [6.45, 7) is 5.20. The molecule has 14 heavy (non-hydrogen) atoms. The van der Waals surface area contributed by atoms with E-state index in [4.69, 9.17) is 0 Å². The van der Waals surface area contributed by atoms with Crippen LogP contribution >= 0.6 is 0 Å². The maximum Gasteiger partial charge on any atom is 0.221 e. The van der Waals surface area contributed by atoms with Gasteiger partial charge in [0.05, 0.1) is 0 Å². The quantitative estimate of drug-likeness (QED) is 0.725. The first-order valence-electron chi connectivity index (χ1n) is 4.70. The zero-order chi connectivity index (χ0) is 10.4. The van der Waals surface area contributed by atoms with Crippen molar-refractivity contribution in [2.75, 3.05) is 5.32 Å². The lowest BCUT2D eigenvalue weighted by Gasteiger charge is -2.08. The van der Waals surface area contributed by atoms with Crippen molar-refractivity contribution in [2.24, 2.45) is 0 Å². The van der Waals surface area contributed by atoms with Gasteiger partial charge in [-0.25, -0.2) is 0 Å². The van der Waals surface area contributed by atoms with Gasteiger partial charge in [-0.05, 0) is 24.5 Å². The van der Waals surface area contributed by atoms with E-state index in [1.54, 1.807) is 0 Å². The van der Waals surface area contributed by atoms with Crippen LogP contribution in [0.3, 0.4) is 0 Å². The Bertz CT molecular complexity index is 331. The minimum absolute atomic E-state index is 0.0314. The maximum absolute atomic E-state index is 10.9. The molecule has 0 saturated carbocycles. The third-order valence-corrected chi connectivity index (χ3v) is 1.95. The van der Waals surface area contributed by atoms with Crippen molar-refractivity contribution in [3.63, 3.8) is 0 Å². The summed E-state index contributed by atoms with van der Waals surface area (Å²) < 4.78 is 0. The molecule has 2 nitrogen and oxygen atoms in total. The molecule has 74 valence electrons. The van der Waals surface area contributed by atoms with Crippen molar-refractivity contribution in [3.05, 3.63) is 42.5 Å². The number of allylic oxidation sites excluding steroid dienone is 1. The number of aryl methyl sites for hydroxylation is 1. The van der Waals surface area contributed by atoms with Gasteiger partial charge in [0.1, 0.15) is 0 Å². The Balaban J connectivity index is 2.79. The minimum atomic E-state index is -0.0314. The van der Waals surface area contributed by atoms with Gasteiger partial charge in [0.2, 0.25) is 5.91 Å². The van der Waals surface area contributed by atoms with Crippen molar-refractivity contribution < 1.29 is 4.79 Å². The molecule has 0 heterocycles. The van der Waals surface area contributed by atoms with Gasteiger partial charge in [-0.3, -0.25) is 4.79 Å². The Kier molecular flexibility index (Phi) is 3.92. The number of hydrogen-bond acceptors (Lipinski definition) is 1. The lowest BCUT2D eigenvalue weighted by Crippen LogP contribution is -2.07. The predicted octanol–water partition coefficient (Wildman–Crippen LogP) is 2.76. The SMILES string of the molecule is C=CCCc1ccccc1NC(C)=O. The summed E-state index contributed by atoms with van der Waals surface area (Å²) in [7, 11) is 0. The molecular weight excluding hydrogens is 174 g/mol. The number of benzene rings is 1. The van der Waals surface area contributed by atoms with E-state index in [-0.39, 0.29) is 5.91 Å². The van der Waals surface area contributed by atoms with Gasteiger partial charge in [0, 0.05) is 12.6 Å². The number of rotatable bonds is 4. The Morgan fingerprint density at radius 2 is 2.21 bits per heavy atom. The summed E-state index contributed by atoms with van der Waals surface area (Å²) in [5, 5.41) is 2.81. The molecule has 0 radical (unpaired) electrons. The molecule has 0 atom stereocenters. The van der Waals surface area contributed by atoms with E-state index in [1.165, 1.54) is 6.92 Å². The average Bonchev–Trinajstić information content (AvgIpc) is 2.16. The second-order valence-corrected chi connectivity index (χ2v) is 3.17. The number of amides is 1. The normalized spacial score (nSPS) is 9.50. The largest absolute Gasteiger partial charge is 0.326 e. The predicted molar refractivity (Wildman–Crippen MR) is 59.3 cm³/mol. The van der Waals surface area contributed by atoms with Gasteiger partial charge in [-0.1, -0.05) is 24.3 Å². The summed E-state index contributed by atoms with van der Waals surface area (Å²) in [5.74, 6) is -0.0314. The monoisotopic (exact) mass is 189 g/mol. The van der Waals surface area contributed by atoms with Crippen molar-refractivity contribution >= 4 is 11.6 Å². The van der Waals surface area contributed by atoms with Gasteiger partial charge < -0.3 is 5.32 Å². The first-order valence-corrected chi connectivity index (χ1v) is 4.70. The number of nitrogens with one attached hydrogen (secondary N) is 1. The molecule has 0 bridgehead atoms. The fourth-order valence-electron chi connectivity index (χ4n) is 1.31. The van der Waals surface area contributed by atoms with E-state index in [2.05, 4.69) is 11.9 Å². The van der Waals surface area contributed by atoms with Crippen molar-refractivity contribution in [3.8, 4) is 0 Å². The Labute approximate surface area is 84.6 Å². The number of carbonyl (C=O) groups is 1. The van der Waals surface area contributed by atoms with E-state index >= 15 is 0 Å². The van der Waals surface area contributed by atoms with Gasteiger partial charge in [-0.2, -0.15) is 0 Å². The Morgan fingerprint density at radius 1 is 1.50 bits per heavy atom. The maximum atomic E-state index is 10.9. The van der Waals surface area contributed by atoms with E-state index < -0.39 is 0 Å². The minimum Gasteiger partial charge on any atom is -0.326 e. The molecule has 1 rings (SSSR count). The van der Waals surface area contributed by atoms with Crippen LogP contribution in [0.15, 0.2) is 36.9 Å². The molecule has 0 aromatic heterocycles. The number of para-hydroxylation sites is 1. The van der Waals surface area contributed by atoms with Crippen LogP contribution in [0.4, 0.5) is 5.69 Å². The van der Waals surface area contributed by atoms with E-state index in [0.717, 1.165) is 24.1 Å². The highest BCUT2D eigenvalue weighted by atomic mass is 16.1. The van der Waals surface area contributed by atoms with Crippen LogP contribution in [-0.2, 0) is 11.2 Å². The molecule has 0 aliphatic carbocycles. The molecule has 1 N–H and O–H groups in total. The zero-order valence-corrected chi connectivity index (χ0v) is 8.42. The fourth-order valence-corrected chi connectivity index (χ4v) is 1.31. The summed E-state index contributed by atoms with van der Waals surface area (Å²) >= 11 is 0. The Morgan fingerprint density at radius 3 is 2.86 bits per heavy atom. The van der Waals surface area contributed by atoms with Crippen LogP contribution in [0.5, 0.6) is 0 Å². The van der Waals surface area contributed by atoms with Gasteiger partial charge >= 0.3 is 0 Å². The van der Waals surface area contributed by atoms with Gasteiger partial charge in [-0.15, -0.1) is 6.58 Å². The van der Waals surface area contributed by atoms with Crippen molar-refractivity contribution in [1.29, 1.82) is 0 Å². The Hall–Kier alpha value is -1.57. The summed E-state index contributed by atoms with van der Waals surface area (Å²) in [5.41, 5.74) is 2.06. The molecule has 2 heteroatoms. The average molecular weight is 189 g/mol. The van der Waals surface area contributed by atoms with Crippen LogP contribution in [0.1, 0.15) is 18.9 Å². The third-order valence-electron chi connectivity index (χ3n) is 1.95. The van der Waals surface area contributed by atoms with Gasteiger partial charge in [0.15, 0.2) is 0 Å². The van der Waals surface area contributed by atoms with Gasteiger partial charge in [0.25, 0.3) is 0 Å². The van der Waals surface area contributed by atoms with Crippen LogP contribution in [-0.4, -0.2) is 5.91 Å². The van der Waals surface area contributed by atoms with Crippen LogP contribution in [0.25, 0.3) is 0 Å². The third kappa shape index (κ3) is 3.05. The molecule has 0 saturated heterocycles. The molecule has 0 unspecified atom stereocenters. The smallest absolute Gasteiger partial charge is 0.221 e. The van der Waals surface area contributed by atoms with Crippen molar-refractivity contribution in [2.45, 2.75) is 19.8 Å². The summed E-state index contributed by atoms with van der Waals surface area (Å²) in [6, 6.07) is 7.83. The van der Waals surface area contributed by atoms with Crippen molar-refractivity contribution in [1.82, 2.24) is 0 Å². The summed E-state index contributed by atoms with van der Waals surface area (Å²) in [6.07, 6.45) is 3.72. The molecule has 0 fully saturated rings. The van der Waals surface area contributed by atoms with E-state index in [0.29, 0.717) is 0 Å². The zero-order valence-electron chi connectivity index (χ0n) is 8.42. The fraction of sp³-hybridized carbons (Fsp3) is 0.250. The lowest BCUT2D eigenvalue weighted by atomic mass is 10.1.